The number of carbonyl (C=O) groups is 1. The molecule has 4 aromatic rings. The lowest BCUT2D eigenvalue weighted by molar-refractivity contribution is -0.115. The zero-order valence-corrected chi connectivity index (χ0v) is 23.2. The van der Waals surface area contributed by atoms with Crippen molar-refractivity contribution in [3.8, 4) is 45.7 Å². The second-order valence-electron chi connectivity index (χ2n) is 8.28. The molecule has 198 valence electrons. The molecular formula is C30H26ClN3O4S. The number of anilines is 1. The highest BCUT2D eigenvalue weighted by atomic mass is 35.5. The Labute approximate surface area is 236 Å². The van der Waals surface area contributed by atoms with E-state index in [1.54, 1.807) is 44.6 Å². The van der Waals surface area contributed by atoms with E-state index in [2.05, 4.69) is 11.4 Å². The van der Waals surface area contributed by atoms with Gasteiger partial charge in [0.1, 0.15) is 28.3 Å². The Morgan fingerprint density at radius 3 is 2.36 bits per heavy atom. The summed E-state index contributed by atoms with van der Waals surface area (Å²) in [5.41, 5.74) is 3.96. The first-order valence-electron chi connectivity index (χ1n) is 12.0. The molecule has 1 amide bonds. The lowest BCUT2D eigenvalue weighted by Gasteiger charge is -2.15. The summed E-state index contributed by atoms with van der Waals surface area (Å²) in [6.07, 6.45) is 0.203. The highest BCUT2D eigenvalue weighted by Crippen LogP contribution is 2.40. The Hall–Kier alpha value is -4.19. The van der Waals surface area contributed by atoms with Gasteiger partial charge in [0.15, 0.2) is 0 Å². The van der Waals surface area contributed by atoms with E-state index in [4.69, 9.17) is 30.8 Å². The quantitative estimate of drug-likeness (QED) is 0.207. The molecule has 0 aliphatic rings. The fraction of sp³-hybridized carbons (Fsp3) is 0.167. The van der Waals surface area contributed by atoms with Gasteiger partial charge in [0.2, 0.25) is 5.91 Å². The first-order valence-corrected chi connectivity index (χ1v) is 13.3. The number of amides is 1. The topological polar surface area (TPSA) is 93.5 Å². The Morgan fingerprint density at radius 1 is 0.949 bits per heavy atom. The molecule has 1 heterocycles. The summed E-state index contributed by atoms with van der Waals surface area (Å²) in [4.78, 5) is 17.5. The third-order valence-electron chi connectivity index (χ3n) is 5.87. The number of carbonyl (C=O) groups excluding carboxylic acids is 1. The number of nitriles is 1. The van der Waals surface area contributed by atoms with Gasteiger partial charge in [0, 0.05) is 34.6 Å². The van der Waals surface area contributed by atoms with Gasteiger partial charge in [-0.15, -0.1) is 11.8 Å². The maximum Gasteiger partial charge on any atom is 0.225 e. The van der Waals surface area contributed by atoms with E-state index in [0.29, 0.717) is 61.1 Å². The minimum atomic E-state index is -0.184. The summed E-state index contributed by atoms with van der Waals surface area (Å²) in [5, 5.41) is 14.0. The van der Waals surface area contributed by atoms with Crippen LogP contribution < -0.4 is 19.5 Å². The van der Waals surface area contributed by atoms with Crippen molar-refractivity contribution >= 4 is 35.0 Å². The summed E-state index contributed by atoms with van der Waals surface area (Å²) >= 11 is 7.51. The molecule has 0 spiro atoms. The van der Waals surface area contributed by atoms with Crippen molar-refractivity contribution < 1.29 is 19.0 Å². The van der Waals surface area contributed by atoms with Crippen LogP contribution in [0.1, 0.15) is 12.0 Å². The third kappa shape index (κ3) is 6.63. The molecule has 0 saturated carbocycles. The van der Waals surface area contributed by atoms with Crippen molar-refractivity contribution in [3.63, 3.8) is 0 Å². The Bertz CT molecular complexity index is 1520. The number of benzene rings is 3. The van der Waals surface area contributed by atoms with Crippen molar-refractivity contribution in [3.05, 3.63) is 83.4 Å². The molecule has 9 heteroatoms. The van der Waals surface area contributed by atoms with E-state index in [1.165, 1.54) is 18.9 Å². The maximum absolute atomic E-state index is 12.6. The van der Waals surface area contributed by atoms with Crippen LogP contribution in [0.15, 0.2) is 77.8 Å². The minimum absolute atomic E-state index is 0.184. The van der Waals surface area contributed by atoms with Crippen LogP contribution >= 0.6 is 23.4 Å². The standard InChI is InChI=1S/C30H26ClN3O4S/c1-36-21-10-12-27(37-2)23(16-21)22-17-26(19-7-5-4-6-8-19)34-30(24(22)18-32)39-14-13-29(35)33-20-9-11-28(38-3)25(31)15-20/h4-12,15-17H,13-14H2,1-3H3,(H,33,35). The Morgan fingerprint density at radius 2 is 1.69 bits per heavy atom. The fourth-order valence-electron chi connectivity index (χ4n) is 3.94. The van der Waals surface area contributed by atoms with Crippen molar-refractivity contribution in [2.45, 2.75) is 11.4 Å². The zero-order valence-electron chi connectivity index (χ0n) is 21.7. The number of rotatable bonds is 10. The van der Waals surface area contributed by atoms with Gasteiger partial charge in [-0.25, -0.2) is 4.98 Å². The first-order chi connectivity index (χ1) is 19.0. The lowest BCUT2D eigenvalue weighted by atomic mass is 9.98. The van der Waals surface area contributed by atoms with Crippen molar-refractivity contribution in [1.29, 1.82) is 5.26 Å². The second kappa shape index (κ2) is 13.1. The molecule has 1 aromatic heterocycles. The van der Waals surface area contributed by atoms with E-state index < -0.39 is 0 Å². The van der Waals surface area contributed by atoms with Crippen LogP contribution in [0.3, 0.4) is 0 Å². The van der Waals surface area contributed by atoms with Gasteiger partial charge in [-0.3, -0.25) is 4.79 Å². The molecule has 0 aliphatic heterocycles. The highest BCUT2D eigenvalue weighted by Gasteiger charge is 2.19. The summed E-state index contributed by atoms with van der Waals surface area (Å²) in [7, 11) is 4.70. The van der Waals surface area contributed by atoms with Crippen molar-refractivity contribution in [2.24, 2.45) is 0 Å². The average molecular weight is 560 g/mol. The number of nitrogens with one attached hydrogen (secondary N) is 1. The third-order valence-corrected chi connectivity index (χ3v) is 7.14. The molecule has 3 aromatic carbocycles. The number of methoxy groups -OCH3 is 3. The van der Waals surface area contributed by atoms with Gasteiger partial charge >= 0.3 is 0 Å². The van der Waals surface area contributed by atoms with Crippen molar-refractivity contribution in [2.75, 3.05) is 32.4 Å². The molecule has 0 fully saturated rings. The van der Waals surface area contributed by atoms with Crippen LogP contribution in [-0.2, 0) is 4.79 Å². The van der Waals surface area contributed by atoms with Crippen LogP contribution in [0.25, 0.3) is 22.4 Å². The monoisotopic (exact) mass is 559 g/mol. The van der Waals surface area contributed by atoms with Gasteiger partial charge < -0.3 is 19.5 Å². The number of pyridine rings is 1. The molecular weight excluding hydrogens is 534 g/mol. The minimum Gasteiger partial charge on any atom is -0.497 e. The van der Waals surface area contributed by atoms with Gasteiger partial charge in [0.25, 0.3) is 0 Å². The second-order valence-corrected chi connectivity index (χ2v) is 9.77. The van der Waals surface area contributed by atoms with Crippen LogP contribution in [0.2, 0.25) is 5.02 Å². The van der Waals surface area contributed by atoms with E-state index in [1.807, 2.05) is 42.5 Å². The molecule has 0 saturated heterocycles. The number of hydrogen-bond acceptors (Lipinski definition) is 7. The molecule has 0 aliphatic carbocycles. The van der Waals surface area contributed by atoms with E-state index in [9.17, 15) is 10.1 Å². The molecule has 0 atom stereocenters. The summed E-state index contributed by atoms with van der Waals surface area (Å²) < 4.78 is 16.2. The molecule has 0 bridgehead atoms. The smallest absolute Gasteiger partial charge is 0.225 e. The first kappa shape index (κ1) is 27.8. The normalized spacial score (nSPS) is 10.4. The molecule has 4 rings (SSSR count). The molecule has 7 nitrogen and oxygen atoms in total. The van der Waals surface area contributed by atoms with Gasteiger partial charge in [-0.2, -0.15) is 5.26 Å². The summed E-state index contributed by atoms with van der Waals surface area (Å²) in [5.74, 6) is 1.99. The fourth-order valence-corrected chi connectivity index (χ4v) is 5.14. The van der Waals surface area contributed by atoms with E-state index >= 15 is 0 Å². The van der Waals surface area contributed by atoms with Gasteiger partial charge in [0.05, 0.1) is 37.6 Å². The van der Waals surface area contributed by atoms with E-state index in [-0.39, 0.29) is 12.3 Å². The van der Waals surface area contributed by atoms with Crippen LogP contribution in [0.5, 0.6) is 17.2 Å². The average Bonchev–Trinajstić information content (AvgIpc) is 2.97. The van der Waals surface area contributed by atoms with E-state index in [0.717, 1.165) is 5.56 Å². The SMILES string of the molecule is COc1ccc(OC)c(-c2cc(-c3ccccc3)nc(SCCC(=O)Nc3ccc(OC)c(Cl)c3)c2C#N)c1. The predicted octanol–water partition coefficient (Wildman–Crippen LogP) is 7.09. The van der Waals surface area contributed by atoms with Crippen LogP contribution in [-0.4, -0.2) is 38.0 Å². The molecule has 0 radical (unpaired) electrons. The van der Waals surface area contributed by atoms with Crippen molar-refractivity contribution in [1.82, 2.24) is 4.98 Å². The Balaban J connectivity index is 1.64. The maximum atomic E-state index is 12.6. The van der Waals surface area contributed by atoms with Crippen LogP contribution in [0, 0.1) is 11.3 Å². The number of hydrogen-bond donors (Lipinski definition) is 1. The number of aromatic nitrogens is 1. The van der Waals surface area contributed by atoms with Gasteiger partial charge in [-0.05, 0) is 42.5 Å². The Kier molecular flexibility index (Phi) is 9.31. The summed E-state index contributed by atoms with van der Waals surface area (Å²) in [6, 6.07) is 24.4. The summed E-state index contributed by atoms with van der Waals surface area (Å²) in [6.45, 7) is 0. The number of ether oxygens (including phenoxy) is 3. The zero-order chi connectivity index (χ0) is 27.8. The number of halogens is 1. The van der Waals surface area contributed by atoms with Crippen LogP contribution in [0.4, 0.5) is 5.69 Å². The number of thioether (sulfide) groups is 1. The van der Waals surface area contributed by atoms with Gasteiger partial charge in [-0.1, -0.05) is 41.9 Å². The lowest BCUT2D eigenvalue weighted by Crippen LogP contribution is -2.12. The molecule has 39 heavy (non-hydrogen) atoms. The molecule has 0 unspecified atom stereocenters. The highest BCUT2D eigenvalue weighted by molar-refractivity contribution is 7.99. The molecule has 1 N–H and O–H groups in total. The largest absolute Gasteiger partial charge is 0.497 e. The number of nitrogens with zero attached hydrogens (tertiary/aromatic N) is 2. The predicted molar refractivity (Wildman–Crippen MR) is 155 cm³/mol.